The molecule has 1 aliphatic rings. The number of hydrogen-bond acceptors (Lipinski definition) is 2. The summed E-state index contributed by atoms with van der Waals surface area (Å²) in [6.07, 6.45) is 5.64. The lowest BCUT2D eigenvalue weighted by molar-refractivity contribution is 0.324. The van der Waals surface area contributed by atoms with Crippen LogP contribution in [0.15, 0.2) is 35.5 Å². The molecule has 1 unspecified atom stereocenters. The van der Waals surface area contributed by atoms with Crippen LogP contribution in [-0.4, -0.2) is 55.6 Å². The summed E-state index contributed by atoms with van der Waals surface area (Å²) >= 11 is 0. The molecule has 0 saturated carbocycles. The van der Waals surface area contributed by atoms with Crippen molar-refractivity contribution in [3.8, 4) is 0 Å². The first-order chi connectivity index (χ1) is 12.3. The number of aliphatic imine (C=N–C) groups is 1. The molecule has 0 aliphatic carbocycles. The zero-order valence-corrected chi connectivity index (χ0v) is 15.5. The number of H-pyrrole nitrogens is 1. The SMILES string of the molecule is CCCN1CCC(CNC(=NC)NCCc2c[nH]c3ccccc23)C1. The maximum atomic E-state index is 4.36. The summed E-state index contributed by atoms with van der Waals surface area (Å²) < 4.78 is 0. The van der Waals surface area contributed by atoms with Crippen LogP contribution in [-0.2, 0) is 6.42 Å². The number of benzene rings is 1. The molecule has 1 atom stereocenters. The van der Waals surface area contributed by atoms with Crippen molar-refractivity contribution in [2.45, 2.75) is 26.2 Å². The molecule has 3 N–H and O–H groups in total. The number of para-hydroxylation sites is 1. The number of aromatic amines is 1. The Balaban J connectivity index is 1.41. The van der Waals surface area contributed by atoms with Crippen LogP contribution in [0.1, 0.15) is 25.3 Å². The Morgan fingerprint density at radius 2 is 2.20 bits per heavy atom. The van der Waals surface area contributed by atoms with Gasteiger partial charge in [0, 0.05) is 43.8 Å². The van der Waals surface area contributed by atoms with Gasteiger partial charge in [-0.15, -0.1) is 0 Å². The lowest BCUT2D eigenvalue weighted by atomic mass is 10.1. The summed E-state index contributed by atoms with van der Waals surface area (Å²) in [6, 6.07) is 8.46. The van der Waals surface area contributed by atoms with Gasteiger partial charge < -0.3 is 20.5 Å². The summed E-state index contributed by atoms with van der Waals surface area (Å²) in [4.78, 5) is 10.3. The van der Waals surface area contributed by atoms with E-state index in [1.807, 2.05) is 7.05 Å². The number of likely N-dealkylation sites (tertiary alicyclic amines) is 1. The Kier molecular flexibility index (Phi) is 6.34. The van der Waals surface area contributed by atoms with E-state index >= 15 is 0 Å². The van der Waals surface area contributed by atoms with Crippen molar-refractivity contribution in [1.82, 2.24) is 20.5 Å². The van der Waals surface area contributed by atoms with E-state index in [9.17, 15) is 0 Å². The summed E-state index contributed by atoms with van der Waals surface area (Å²) in [5.74, 6) is 1.65. The fraction of sp³-hybridized carbons (Fsp3) is 0.550. The Labute approximate surface area is 150 Å². The Morgan fingerprint density at radius 3 is 3.04 bits per heavy atom. The number of rotatable bonds is 7. The molecule has 0 spiro atoms. The van der Waals surface area contributed by atoms with Gasteiger partial charge in [0.1, 0.15) is 0 Å². The Bertz CT molecular complexity index is 690. The molecule has 1 aromatic heterocycles. The second-order valence-corrected chi connectivity index (χ2v) is 6.94. The maximum absolute atomic E-state index is 4.36. The molecule has 25 heavy (non-hydrogen) atoms. The third kappa shape index (κ3) is 4.75. The Hall–Kier alpha value is -2.01. The minimum absolute atomic E-state index is 0.735. The van der Waals surface area contributed by atoms with Crippen LogP contribution in [0.4, 0.5) is 0 Å². The van der Waals surface area contributed by atoms with E-state index < -0.39 is 0 Å². The smallest absolute Gasteiger partial charge is 0.190 e. The molecule has 1 fully saturated rings. The quantitative estimate of drug-likeness (QED) is 0.536. The average Bonchev–Trinajstić information content (AvgIpc) is 3.25. The molecule has 0 amide bonds. The average molecular weight is 342 g/mol. The van der Waals surface area contributed by atoms with Crippen molar-refractivity contribution in [3.63, 3.8) is 0 Å². The first kappa shape index (κ1) is 17.8. The van der Waals surface area contributed by atoms with Crippen molar-refractivity contribution in [2.24, 2.45) is 10.9 Å². The van der Waals surface area contributed by atoms with E-state index in [0.717, 1.165) is 31.4 Å². The lowest BCUT2D eigenvalue weighted by Gasteiger charge is -2.17. The van der Waals surface area contributed by atoms with Crippen LogP contribution in [0, 0.1) is 5.92 Å². The van der Waals surface area contributed by atoms with Crippen molar-refractivity contribution in [1.29, 1.82) is 0 Å². The van der Waals surface area contributed by atoms with Crippen LogP contribution < -0.4 is 10.6 Å². The summed E-state index contributed by atoms with van der Waals surface area (Å²) in [7, 11) is 1.85. The first-order valence-corrected chi connectivity index (χ1v) is 9.52. The third-order valence-electron chi connectivity index (χ3n) is 5.05. The Morgan fingerprint density at radius 1 is 1.32 bits per heavy atom. The molecule has 1 aromatic carbocycles. The van der Waals surface area contributed by atoms with E-state index in [1.54, 1.807) is 0 Å². The van der Waals surface area contributed by atoms with Crippen molar-refractivity contribution in [2.75, 3.05) is 39.8 Å². The first-order valence-electron chi connectivity index (χ1n) is 9.52. The highest BCUT2D eigenvalue weighted by Gasteiger charge is 2.21. The number of nitrogens with one attached hydrogen (secondary N) is 3. The van der Waals surface area contributed by atoms with Gasteiger partial charge in [-0.3, -0.25) is 4.99 Å². The molecule has 1 aliphatic heterocycles. The largest absolute Gasteiger partial charge is 0.361 e. The standard InChI is InChI=1S/C20H31N5/c1-3-11-25-12-9-16(15-25)13-24-20(21-2)22-10-8-17-14-23-19-7-5-4-6-18(17)19/h4-7,14,16,23H,3,8-13,15H2,1-2H3,(H2,21,22,24). The van der Waals surface area contributed by atoms with Crippen LogP contribution in [0.2, 0.25) is 0 Å². The minimum Gasteiger partial charge on any atom is -0.361 e. The molecule has 2 aromatic rings. The van der Waals surface area contributed by atoms with Crippen molar-refractivity contribution in [3.05, 3.63) is 36.0 Å². The second kappa shape index (κ2) is 8.90. The van der Waals surface area contributed by atoms with Gasteiger partial charge in [0.15, 0.2) is 5.96 Å². The molecule has 1 saturated heterocycles. The fourth-order valence-electron chi connectivity index (χ4n) is 3.71. The van der Waals surface area contributed by atoms with E-state index in [1.165, 1.54) is 48.9 Å². The maximum Gasteiger partial charge on any atom is 0.190 e. The van der Waals surface area contributed by atoms with Gasteiger partial charge in [0.25, 0.3) is 0 Å². The molecule has 5 nitrogen and oxygen atoms in total. The number of hydrogen-bond donors (Lipinski definition) is 3. The fourth-order valence-corrected chi connectivity index (χ4v) is 3.71. The highest BCUT2D eigenvalue weighted by molar-refractivity contribution is 5.83. The van der Waals surface area contributed by atoms with Gasteiger partial charge in [-0.25, -0.2) is 0 Å². The summed E-state index contributed by atoms with van der Waals surface area (Å²) in [6.45, 7) is 7.83. The molecule has 5 heteroatoms. The number of guanidine groups is 1. The van der Waals surface area contributed by atoms with Crippen LogP contribution in [0.5, 0.6) is 0 Å². The normalized spacial score (nSPS) is 18.8. The summed E-state index contributed by atoms with van der Waals surface area (Å²) in [5, 5.41) is 8.25. The van der Waals surface area contributed by atoms with Crippen LogP contribution in [0.3, 0.4) is 0 Å². The van der Waals surface area contributed by atoms with Crippen LogP contribution >= 0.6 is 0 Å². The van der Waals surface area contributed by atoms with Gasteiger partial charge in [0.05, 0.1) is 0 Å². The molecule has 0 bridgehead atoms. The summed E-state index contributed by atoms with van der Waals surface area (Å²) in [5.41, 5.74) is 2.56. The second-order valence-electron chi connectivity index (χ2n) is 6.94. The molecule has 136 valence electrons. The van der Waals surface area contributed by atoms with E-state index in [2.05, 4.69) is 62.9 Å². The predicted molar refractivity (Wildman–Crippen MR) is 106 cm³/mol. The highest BCUT2D eigenvalue weighted by Crippen LogP contribution is 2.17. The predicted octanol–water partition coefficient (Wildman–Crippen LogP) is 2.61. The van der Waals surface area contributed by atoms with Gasteiger partial charge >= 0.3 is 0 Å². The van der Waals surface area contributed by atoms with Gasteiger partial charge in [0.2, 0.25) is 0 Å². The zero-order chi connectivity index (χ0) is 17.5. The van der Waals surface area contributed by atoms with Crippen LogP contribution in [0.25, 0.3) is 10.9 Å². The van der Waals surface area contributed by atoms with Crippen molar-refractivity contribution < 1.29 is 0 Å². The lowest BCUT2D eigenvalue weighted by Crippen LogP contribution is -2.41. The van der Waals surface area contributed by atoms with E-state index in [4.69, 9.17) is 0 Å². The van der Waals surface area contributed by atoms with E-state index in [-0.39, 0.29) is 0 Å². The van der Waals surface area contributed by atoms with Crippen molar-refractivity contribution >= 4 is 16.9 Å². The zero-order valence-electron chi connectivity index (χ0n) is 15.5. The minimum atomic E-state index is 0.735. The molecule has 3 rings (SSSR count). The van der Waals surface area contributed by atoms with Gasteiger partial charge in [-0.05, 0) is 49.9 Å². The van der Waals surface area contributed by atoms with E-state index in [0.29, 0.717) is 0 Å². The number of nitrogens with zero attached hydrogens (tertiary/aromatic N) is 2. The molecule has 0 radical (unpaired) electrons. The molecular weight excluding hydrogens is 310 g/mol. The van der Waals surface area contributed by atoms with Gasteiger partial charge in [-0.1, -0.05) is 25.1 Å². The molecule has 2 heterocycles. The molecular formula is C20H31N5. The highest BCUT2D eigenvalue weighted by atomic mass is 15.2. The number of aromatic nitrogens is 1. The monoisotopic (exact) mass is 341 g/mol. The number of fused-ring (bicyclic) bond motifs is 1. The third-order valence-corrected chi connectivity index (χ3v) is 5.05. The van der Waals surface area contributed by atoms with Gasteiger partial charge in [-0.2, -0.15) is 0 Å². The topological polar surface area (TPSA) is 55.4 Å².